The summed E-state index contributed by atoms with van der Waals surface area (Å²) < 4.78 is 0. The molecule has 3 heterocycles. The van der Waals surface area contributed by atoms with Crippen LogP contribution in [0.4, 0.5) is 0 Å². The molecule has 0 aliphatic carbocycles. The predicted molar refractivity (Wildman–Crippen MR) is 151 cm³/mol. The molecule has 0 saturated heterocycles. The van der Waals surface area contributed by atoms with Crippen molar-refractivity contribution in [2.75, 3.05) is 0 Å². The number of pyridine rings is 2. The van der Waals surface area contributed by atoms with Crippen LogP contribution in [-0.2, 0) is 13.1 Å². The normalized spacial score (nSPS) is 11.0. The summed E-state index contributed by atoms with van der Waals surface area (Å²) in [5.41, 5.74) is 12.4. The quantitative estimate of drug-likeness (QED) is 0.273. The van der Waals surface area contributed by atoms with Crippen LogP contribution in [0.2, 0.25) is 0 Å². The molecule has 39 heavy (non-hydrogen) atoms. The first-order valence-electron chi connectivity index (χ1n) is 12.6. The Morgan fingerprint density at radius 1 is 0.821 bits per heavy atom. The van der Waals surface area contributed by atoms with Gasteiger partial charge in [0.2, 0.25) is 0 Å². The van der Waals surface area contributed by atoms with Crippen LogP contribution in [0.1, 0.15) is 21.9 Å². The van der Waals surface area contributed by atoms with Gasteiger partial charge in [-0.15, -0.1) is 10.2 Å². The molecule has 3 aromatic carbocycles. The highest BCUT2D eigenvalue weighted by molar-refractivity contribution is 6.06. The van der Waals surface area contributed by atoms with Gasteiger partial charge in [0, 0.05) is 34.8 Å². The number of H-pyrrole nitrogens is 1. The molecule has 0 radical (unpaired) electrons. The minimum atomic E-state index is -0.320. The second-order valence-corrected chi connectivity index (χ2v) is 9.05. The average molecular weight is 512 g/mol. The van der Waals surface area contributed by atoms with E-state index in [4.69, 9.17) is 10.7 Å². The number of aromatic amines is 1. The molecule has 0 aliphatic rings. The number of hydrogen-bond acceptors (Lipinski definition) is 6. The van der Waals surface area contributed by atoms with E-state index in [1.54, 1.807) is 6.20 Å². The maximum Gasteiger partial charge on any atom is 0.270 e. The lowest BCUT2D eigenvalue weighted by molar-refractivity contribution is 0.0946. The highest BCUT2D eigenvalue weighted by Crippen LogP contribution is 2.34. The van der Waals surface area contributed by atoms with Crippen molar-refractivity contribution >= 4 is 16.8 Å². The first kappa shape index (κ1) is 24.1. The van der Waals surface area contributed by atoms with E-state index in [0.29, 0.717) is 34.8 Å². The van der Waals surface area contributed by atoms with E-state index in [9.17, 15) is 4.79 Å². The first-order valence-corrected chi connectivity index (χ1v) is 12.6. The van der Waals surface area contributed by atoms with Crippen molar-refractivity contribution in [2.24, 2.45) is 5.73 Å². The second-order valence-electron chi connectivity index (χ2n) is 9.05. The topological polar surface area (TPSA) is 122 Å². The first-order chi connectivity index (χ1) is 19.2. The van der Waals surface area contributed by atoms with Crippen molar-refractivity contribution in [3.05, 3.63) is 120 Å². The molecule has 0 unspecified atom stereocenters. The molecule has 0 aliphatic heterocycles. The van der Waals surface area contributed by atoms with Crippen LogP contribution in [0, 0.1) is 0 Å². The lowest BCUT2D eigenvalue weighted by Gasteiger charge is -2.13. The van der Waals surface area contributed by atoms with Gasteiger partial charge >= 0.3 is 0 Å². The Balaban J connectivity index is 1.34. The predicted octanol–water partition coefficient (Wildman–Crippen LogP) is 5.14. The number of rotatable bonds is 7. The third-order valence-electron chi connectivity index (χ3n) is 6.50. The Hall–Kier alpha value is -5.21. The Morgan fingerprint density at radius 3 is 2.26 bits per heavy atom. The van der Waals surface area contributed by atoms with Crippen molar-refractivity contribution in [3.63, 3.8) is 0 Å². The number of benzene rings is 3. The fraction of sp³-hybridized carbons (Fsp3) is 0.0645. The second kappa shape index (κ2) is 10.6. The van der Waals surface area contributed by atoms with E-state index in [1.165, 1.54) is 0 Å². The summed E-state index contributed by atoms with van der Waals surface area (Å²) in [5, 5.41) is 11.9. The van der Waals surface area contributed by atoms with Crippen LogP contribution in [-0.4, -0.2) is 31.1 Å². The number of aromatic nitrogens is 5. The minimum Gasteiger partial charge on any atom is -0.343 e. The molecule has 6 rings (SSSR count). The molecule has 0 spiro atoms. The van der Waals surface area contributed by atoms with Gasteiger partial charge in [-0.3, -0.25) is 9.78 Å². The number of fused-ring (bicyclic) bond motifs is 1. The molecule has 4 N–H and O–H groups in total. The van der Waals surface area contributed by atoms with Gasteiger partial charge in [0.1, 0.15) is 11.5 Å². The van der Waals surface area contributed by atoms with Crippen molar-refractivity contribution in [2.45, 2.75) is 13.1 Å². The molecule has 0 bridgehead atoms. The Kier molecular flexibility index (Phi) is 6.59. The van der Waals surface area contributed by atoms with Gasteiger partial charge in [-0.1, -0.05) is 84.9 Å². The molecule has 3 aromatic heterocycles. The van der Waals surface area contributed by atoms with Crippen LogP contribution < -0.4 is 11.1 Å². The Bertz CT molecular complexity index is 1750. The van der Waals surface area contributed by atoms with Crippen molar-refractivity contribution in [3.8, 4) is 33.8 Å². The SMILES string of the molecule is NCc1ccc(-c2nc3ccnc(C(=O)NCc4nnc(-c5ccccc5)[nH]4)c3cc2-c2ccccc2)cc1. The van der Waals surface area contributed by atoms with E-state index in [0.717, 1.165) is 33.5 Å². The fourth-order valence-electron chi connectivity index (χ4n) is 4.48. The van der Waals surface area contributed by atoms with E-state index in [2.05, 4.69) is 25.5 Å². The number of amides is 1. The van der Waals surface area contributed by atoms with Gasteiger partial charge in [0.25, 0.3) is 5.91 Å². The summed E-state index contributed by atoms with van der Waals surface area (Å²) in [6, 6.07) is 31.6. The van der Waals surface area contributed by atoms with Crippen LogP contribution in [0.25, 0.3) is 44.7 Å². The molecule has 8 heteroatoms. The third kappa shape index (κ3) is 5.01. The molecular formula is C31H25N7O. The zero-order valence-corrected chi connectivity index (χ0v) is 21.0. The molecular weight excluding hydrogens is 486 g/mol. The van der Waals surface area contributed by atoms with Gasteiger partial charge in [-0.2, -0.15) is 0 Å². The zero-order chi connectivity index (χ0) is 26.6. The molecule has 0 atom stereocenters. The summed E-state index contributed by atoms with van der Waals surface area (Å²) >= 11 is 0. The number of hydrogen-bond donors (Lipinski definition) is 3. The number of carbonyl (C=O) groups is 1. The molecule has 0 fully saturated rings. The van der Waals surface area contributed by atoms with Crippen LogP contribution in [0.15, 0.2) is 103 Å². The summed E-state index contributed by atoms with van der Waals surface area (Å²) in [6.45, 7) is 0.657. The summed E-state index contributed by atoms with van der Waals surface area (Å²) in [4.78, 5) is 25.9. The largest absolute Gasteiger partial charge is 0.343 e. The van der Waals surface area contributed by atoms with Gasteiger partial charge in [-0.25, -0.2) is 4.98 Å². The number of nitrogens with one attached hydrogen (secondary N) is 2. The molecule has 8 nitrogen and oxygen atoms in total. The lowest BCUT2D eigenvalue weighted by Crippen LogP contribution is -2.24. The monoisotopic (exact) mass is 511 g/mol. The van der Waals surface area contributed by atoms with Crippen molar-refractivity contribution < 1.29 is 4.79 Å². The lowest BCUT2D eigenvalue weighted by atomic mass is 9.96. The van der Waals surface area contributed by atoms with E-state index < -0.39 is 0 Å². The highest BCUT2D eigenvalue weighted by Gasteiger charge is 2.18. The Morgan fingerprint density at radius 2 is 1.54 bits per heavy atom. The maximum atomic E-state index is 13.3. The van der Waals surface area contributed by atoms with E-state index >= 15 is 0 Å². The number of nitrogens with zero attached hydrogens (tertiary/aromatic N) is 4. The standard InChI is InChI=1S/C31H25N7O/c32-18-20-11-13-22(14-12-20)28-24(21-7-3-1-4-8-21)17-25-26(35-28)15-16-33-29(25)31(39)34-19-27-36-30(38-37-27)23-9-5-2-6-10-23/h1-17H,18-19,32H2,(H,34,39)(H,36,37,38). The van der Waals surface area contributed by atoms with E-state index in [1.807, 2.05) is 97.1 Å². The average Bonchev–Trinajstić information content (AvgIpc) is 3.49. The summed E-state index contributed by atoms with van der Waals surface area (Å²) in [7, 11) is 0. The van der Waals surface area contributed by atoms with Crippen LogP contribution in [0.5, 0.6) is 0 Å². The molecule has 6 aromatic rings. The van der Waals surface area contributed by atoms with Crippen molar-refractivity contribution in [1.29, 1.82) is 0 Å². The molecule has 190 valence electrons. The van der Waals surface area contributed by atoms with E-state index in [-0.39, 0.29) is 12.5 Å². The number of carbonyl (C=O) groups excluding carboxylic acids is 1. The van der Waals surface area contributed by atoms with Crippen molar-refractivity contribution in [1.82, 2.24) is 30.5 Å². The van der Waals surface area contributed by atoms with Crippen LogP contribution >= 0.6 is 0 Å². The maximum absolute atomic E-state index is 13.3. The highest BCUT2D eigenvalue weighted by atomic mass is 16.1. The molecule has 1 amide bonds. The smallest absolute Gasteiger partial charge is 0.270 e. The van der Waals surface area contributed by atoms with Gasteiger partial charge in [0.05, 0.1) is 17.8 Å². The molecule has 0 saturated carbocycles. The Labute approximate surface area is 225 Å². The summed E-state index contributed by atoms with van der Waals surface area (Å²) in [5.74, 6) is 0.875. The number of nitrogens with two attached hydrogens (primary N) is 1. The minimum absolute atomic E-state index is 0.182. The van der Waals surface area contributed by atoms with Gasteiger partial charge < -0.3 is 16.0 Å². The van der Waals surface area contributed by atoms with Crippen LogP contribution in [0.3, 0.4) is 0 Å². The fourth-order valence-corrected chi connectivity index (χ4v) is 4.48. The third-order valence-corrected chi connectivity index (χ3v) is 6.50. The van der Waals surface area contributed by atoms with Gasteiger partial charge in [-0.05, 0) is 23.3 Å². The van der Waals surface area contributed by atoms with Gasteiger partial charge in [0.15, 0.2) is 5.82 Å². The zero-order valence-electron chi connectivity index (χ0n) is 21.0. The summed E-state index contributed by atoms with van der Waals surface area (Å²) in [6.07, 6.45) is 1.61.